The maximum absolute atomic E-state index is 13.4. The lowest BCUT2D eigenvalue weighted by molar-refractivity contribution is -0.123. The van der Waals surface area contributed by atoms with Gasteiger partial charge in [0.1, 0.15) is 11.9 Å². The van der Waals surface area contributed by atoms with Gasteiger partial charge in [-0.05, 0) is 42.4 Å². The number of aliphatic hydroxyl groups is 1. The molecule has 2 rings (SSSR count). The molecule has 0 aliphatic carbocycles. The number of aliphatic hydroxyl groups excluding tert-OH is 1. The molecule has 0 bridgehead atoms. The lowest BCUT2D eigenvalue weighted by Gasteiger charge is -2.28. The van der Waals surface area contributed by atoms with Crippen LogP contribution in [-0.4, -0.2) is 29.5 Å². The van der Waals surface area contributed by atoms with Gasteiger partial charge in [0.2, 0.25) is 5.91 Å². The third kappa shape index (κ3) is 4.16. The van der Waals surface area contributed by atoms with E-state index in [1.807, 2.05) is 6.07 Å². The van der Waals surface area contributed by atoms with E-state index in [2.05, 4.69) is 0 Å². The Morgan fingerprint density at radius 2 is 1.96 bits per heavy atom. The quantitative estimate of drug-likeness (QED) is 0.848. The number of halogens is 1. The summed E-state index contributed by atoms with van der Waals surface area (Å²) in [5.74, 6) is -1.09. The van der Waals surface area contributed by atoms with E-state index in [0.717, 1.165) is 0 Å². The summed E-state index contributed by atoms with van der Waals surface area (Å²) in [5.41, 5.74) is 6.99. The van der Waals surface area contributed by atoms with Gasteiger partial charge in [0, 0.05) is 6.54 Å². The summed E-state index contributed by atoms with van der Waals surface area (Å²) in [6, 6.07) is 13.3. The number of amides is 1. The highest BCUT2D eigenvalue weighted by atomic mass is 19.1. The Balaban J connectivity index is 2.16. The van der Waals surface area contributed by atoms with Gasteiger partial charge in [-0.1, -0.05) is 24.3 Å². The normalized spacial score (nSPS) is 13.3. The summed E-state index contributed by atoms with van der Waals surface area (Å²) in [4.78, 5) is 13.4. The molecule has 0 aliphatic heterocycles. The molecule has 0 radical (unpaired) electrons. The maximum Gasteiger partial charge on any atom is 0.239 e. The van der Waals surface area contributed by atoms with Crippen molar-refractivity contribution in [1.29, 1.82) is 5.26 Å². The topological polar surface area (TPSA) is 90.3 Å². The largest absolute Gasteiger partial charge is 0.387 e. The number of likely N-dealkylation sites (N-methyl/N-ethyl adjacent to an activating group) is 1. The zero-order valence-electron chi connectivity index (χ0n) is 13.2. The molecule has 2 unspecified atom stereocenters. The molecule has 6 heteroatoms. The van der Waals surface area contributed by atoms with Crippen LogP contribution in [-0.2, 0) is 4.79 Å². The first-order valence-electron chi connectivity index (χ1n) is 7.35. The van der Waals surface area contributed by atoms with Crippen molar-refractivity contribution in [3.63, 3.8) is 0 Å². The standard InChI is InChI=1S/C18H18FN3O2/c1-22(11-16(23)13-7-5-12(10-20)6-8-13)17(18(21)24)14-3-2-4-15(19)9-14/h2-9,16-17,23H,11H2,1H3,(H2,21,24). The van der Waals surface area contributed by atoms with Crippen molar-refractivity contribution in [3.05, 3.63) is 71.0 Å². The van der Waals surface area contributed by atoms with Crippen LogP contribution in [0.2, 0.25) is 0 Å². The third-order valence-electron chi connectivity index (χ3n) is 3.76. The fraction of sp³-hybridized carbons (Fsp3) is 0.222. The molecule has 0 saturated carbocycles. The molecule has 24 heavy (non-hydrogen) atoms. The van der Waals surface area contributed by atoms with Crippen LogP contribution in [0, 0.1) is 17.1 Å². The number of carbonyl (C=O) groups excluding carboxylic acids is 1. The van der Waals surface area contributed by atoms with Gasteiger partial charge in [-0.15, -0.1) is 0 Å². The van der Waals surface area contributed by atoms with Crippen LogP contribution >= 0.6 is 0 Å². The predicted molar refractivity (Wildman–Crippen MR) is 87.1 cm³/mol. The Kier molecular flexibility index (Phi) is 5.64. The van der Waals surface area contributed by atoms with E-state index in [4.69, 9.17) is 11.0 Å². The predicted octanol–water partition coefficient (Wildman–Crippen LogP) is 1.89. The molecular weight excluding hydrogens is 309 g/mol. The molecule has 0 fully saturated rings. The van der Waals surface area contributed by atoms with Crippen molar-refractivity contribution in [1.82, 2.24) is 4.90 Å². The van der Waals surface area contributed by atoms with E-state index in [9.17, 15) is 14.3 Å². The summed E-state index contributed by atoms with van der Waals surface area (Å²) >= 11 is 0. The maximum atomic E-state index is 13.4. The molecule has 0 spiro atoms. The Bertz CT molecular complexity index is 756. The minimum atomic E-state index is -0.877. The fourth-order valence-corrected chi connectivity index (χ4v) is 2.58. The van der Waals surface area contributed by atoms with Gasteiger partial charge in [0.15, 0.2) is 0 Å². The van der Waals surface area contributed by atoms with Gasteiger partial charge in [-0.25, -0.2) is 4.39 Å². The second-order valence-electron chi connectivity index (χ2n) is 5.55. The van der Waals surface area contributed by atoms with Crippen LogP contribution in [0.5, 0.6) is 0 Å². The van der Waals surface area contributed by atoms with Gasteiger partial charge in [0.05, 0.1) is 17.7 Å². The molecule has 5 nitrogen and oxygen atoms in total. The van der Waals surface area contributed by atoms with Crippen molar-refractivity contribution in [3.8, 4) is 6.07 Å². The number of rotatable bonds is 6. The van der Waals surface area contributed by atoms with E-state index in [-0.39, 0.29) is 6.54 Å². The number of hydrogen-bond acceptors (Lipinski definition) is 4. The summed E-state index contributed by atoms with van der Waals surface area (Å²) < 4.78 is 13.4. The van der Waals surface area contributed by atoms with Crippen molar-refractivity contribution in [2.75, 3.05) is 13.6 Å². The lowest BCUT2D eigenvalue weighted by Crippen LogP contribution is -2.37. The minimum absolute atomic E-state index is 0.121. The van der Waals surface area contributed by atoms with Crippen LogP contribution in [0.1, 0.15) is 28.8 Å². The first-order valence-corrected chi connectivity index (χ1v) is 7.35. The monoisotopic (exact) mass is 327 g/mol. The van der Waals surface area contributed by atoms with E-state index < -0.39 is 23.9 Å². The average Bonchev–Trinajstić information content (AvgIpc) is 2.54. The number of benzene rings is 2. The molecule has 124 valence electrons. The van der Waals surface area contributed by atoms with Gasteiger partial charge in [-0.2, -0.15) is 5.26 Å². The second kappa shape index (κ2) is 7.68. The number of hydrogen-bond donors (Lipinski definition) is 2. The summed E-state index contributed by atoms with van der Waals surface area (Å²) in [5, 5.41) is 19.1. The SMILES string of the molecule is CN(CC(O)c1ccc(C#N)cc1)C(C(N)=O)c1cccc(F)c1. The zero-order chi connectivity index (χ0) is 17.7. The summed E-state index contributed by atoms with van der Waals surface area (Å²) in [6.45, 7) is 0.121. The molecule has 2 atom stereocenters. The van der Waals surface area contributed by atoms with Gasteiger partial charge in [-0.3, -0.25) is 9.69 Å². The van der Waals surface area contributed by atoms with Crippen molar-refractivity contribution in [2.45, 2.75) is 12.1 Å². The molecule has 2 aromatic rings. The van der Waals surface area contributed by atoms with Crippen molar-refractivity contribution in [2.24, 2.45) is 5.73 Å². The first kappa shape index (κ1) is 17.6. The zero-order valence-corrected chi connectivity index (χ0v) is 13.2. The Morgan fingerprint density at radius 3 is 2.50 bits per heavy atom. The Morgan fingerprint density at radius 1 is 1.29 bits per heavy atom. The minimum Gasteiger partial charge on any atom is -0.387 e. The fourth-order valence-electron chi connectivity index (χ4n) is 2.58. The van der Waals surface area contributed by atoms with E-state index >= 15 is 0 Å². The molecule has 1 amide bonds. The van der Waals surface area contributed by atoms with Crippen LogP contribution in [0.15, 0.2) is 48.5 Å². The number of nitriles is 1. The molecule has 2 aromatic carbocycles. The molecule has 0 aromatic heterocycles. The Hall–Kier alpha value is -2.75. The summed E-state index contributed by atoms with van der Waals surface area (Å²) in [7, 11) is 1.63. The van der Waals surface area contributed by atoms with E-state index in [1.165, 1.54) is 18.2 Å². The lowest BCUT2D eigenvalue weighted by atomic mass is 10.0. The van der Waals surface area contributed by atoms with Gasteiger partial charge in [0.25, 0.3) is 0 Å². The second-order valence-corrected chi connectivity index (χ2v) is 5.55. The van der Waals surface area contributed by atoms with Crippen LogP contribution in [0.4, 0.5) is 4.39 Å². The van der Waals surface area contributed by atoms with Crippen LogP contribution in [0.3, 0.4) is 0 Å². The highest BCUT2D eigenvalue weighted by Crippen LogP contribution is 2.23. The van der Waals surface area contributed by atoms with Crippen molar-refractivity contribution < 1.29 is 14.3 Å². The first-order chi connectivity index (χ1) is 11.4. The number of primary amides is 1. The van der Waals surface area contributed by atoms with E-state index in [0.29, 0.717) is 16.7 Å². The highest BCUT2D eigenvalue weighted by molar-refractivity contribution is 5.81. The van der Waals surface area contributed by atoms with Crippen LogP contribution < -0.4 is 5.73 Å². The van der Waals surface area contributed by atoms with Gasteiger partial charge < -0.3 is 10.8 Å². The molecular formula is C18H18FN3O2. The van der Waals surface area contributed by atoms with Crippen molar-refractivity contribution >= 4 is 5.91 Å². The third-order valence-corrected chi connectivity index (χ3v) is 3.76. The molecule has 0 saturated heterocycles. The average molecular weight is 327 g/mol. The smallest absolute Gasteiger partial charge is 0.239 e. The number of nitrogens with two attached hydrogens (primary N) is 1. The summed E-state index contributed by atoms with van der Waals surface area (Å²) in [6.07, 6.45) is -0.877. The highest BCUT2D eigenvalue weighted by Gasteiger charge is 2.25. The molecule has 0 aliphatic rings. The van der Waals surface area contributed by atoms with E-state index in [1.54, 1.807) is 42.3 Å². The molecule has 0 heterocycles. The number of carbonyl (C=O) groups is 1. The Labute approximate surface area is 139 Å². The van der Waals surface area contributed by atoms with Crippen LogP contribution in [0.25, 0.3) is 0 Å². The van der Waals surface area contributed by atoms with Gasteiger partial charge >= 0.3 is 0 Å². The molecule has 3 N–H and O–H groups in total. The number of nitrogens with zero attached hydrogens (tertiary/aromatic N) is 2.